The molecular weight excluding hydrogens is 320 g/mol. The molecule has 4 rings (SSSR count). The maximum absolute atomic E-state index is 4.65. The highest BCUT2D eigenvalue weighted by atomic mass is 15.0. The van der Waals surface area contributed by atoms with Gasteiger partial charge in [-0.1, -0.05) is 55.1 Å². The summed E-state index contributed by atoms with van der Waals surface area (Å²) in [5, 5.41) is 4.43. The van der Waals surface area contributed by atoms with E-state index in [0.717, 1.165) is 33.5 Å². The number of hydrogen-bond acceptors (Lipinski definition) is 4. The van der Waals surface area contributed by atoms with Gasteiger partial charge >= 0.3 is 0 Å². The molecule has 0 saturated heterocycles. The number of fused-ring (bicyclic) bond motifs is 1. The molecular formula is C22H18N4. The van der Waals surface area contributed by atoms with Crippen molar-refractivity contribution < 1.29 is 0 Å². The molecule has 26 heavy (non-hydrogen) atoms. The number of hydrogen-bond donors (Lipinski definition) is 1. The Morgan fingerprint density at radius 1 is 0.885 bits per heavy atom. The summed E-state index contributed by atoms with van der Waals surface area (Å²) in [6.45, 7) is 4.40. The van der Waals surface area contributed by atoms with Crippen LogP contribution in [0.15, 0.2) is 79.5 Å². The van der Waals surface area contributed by atoms with Crippen molar-refractivity contribution in [3.63, 3.8) is 0 Å². The van der Waals surface area contributed by atoms with Gasteiger partial charge in [-0.05, 0) is 35.4 Å². The Bertz CT molecular complexity index is 1040. The van der Waals surface area contributed by atoms with Gasteiger partial charge in [-0.2, -0.15) is 0 Å². The Labute approximate surface area is 152 Å². The fourth-order valence-electron chi connectivity index (χ4n) is 2.96. The molecule has 0 aliphatic rings. The predicted molar refractivity (Wildman–Crippen MR) is 107 cm³/mol. The zero-order valence-electron chi connectivity index (χ0n) is 14.3. The fourth-order valence-corrected chi connectivity index (χ4v) is 2.96. The van der Waals surface area contributed by atoms with Crippen molar-refractivity contribution in [2.24, 2.45) is 0 Å². The summed E-state index contributed by atoms with van der Waals surface area (Å²) < 4.78 is 0. The van der Waals surface area contributed by atoms with E-state index in [2.05, 4.69) is 45.0 Å². The minimum atomic E-state index is 0.590. The average Bonchev–Trinajstić information content (AvgIpc) is 2.72. The van der Waals surface area contributed by atoms with Crippen LogP contribution in [0.3, 0.4) is 0 Å². The molecule has 0 saturated carbocycles. The van der Waals surface area contributed by atoms with E-state index >= 15 is 0 Å². The number of anilines is 1. The molecule has 4 heteroatoms. The van der Waals surface area contributed by atoms with E-state index in [1.165, 1.54) is 0 Å². The topological polar surface area (TPSA) is 50.7 Å². The van der Waals surface area contributed by atoms with Gasteiger partial charge in [0.25, 0.3) is 0 Å². The number of rotatable bonds is 5. The van der Waals surface area contributed by atoms with Crippen LogP contribution < -0.4 is 5.32 Å². The first-order valence-corrected chi connectivity index (χ1v) is 8.47. The molecule has 0 radical (unpaired) electrons. The first-order chi connectivity index (χ1) is 12.8. The number of benzene rings is 2. The van der Waals surface area contributed by atoms with Gasteiger partial charge in [-0.3, -0.25) is 4.98 Å². The molecule has 0 aliphatic carbocycles. The van der Waals surface area contributed by atoms with Gasteiger partial charge in [0.05, 0.1) is 23.1 Å². The second kappa shape index (κ2) is 7.15. The molecule has 2 aromatic carbocycles. The minimum absolute atomic E-state index is 0.590. The van der Waals surface area contributed by atoms with E-state index in [-0.39, 0.29) is 0 Å². The van der Waals surface area contributed by atoms with Crippen LogP contribution in [-0.4, -0.2) is 15.0 Å². The third-order valence-electron chi connectivity index (χ3n) is 4.17. The SMILES string of the molecule is C=Cc1nc(NCc2ccccn2)c2c(-c3ccccc3)cccc2n1. The lowest BCUT2D eigenvalue weighted by Crippen LogP contribution is -2.06. The van der Waals surface area contributed by atoms with E-state index in [4.69, 9.17) is 0 Å². The lowest BCUT2D eigenvalue weighted by molar-refractivity contribution is 1.03. The van der Waals surface area contributed by atoms with Crippen molar-refractivity contribution in [3.05, 3.63) is 91.0 Å². The van der Waals surface area contributed by atoms with E-state index in [1.54, 1.807) is 12.3 Å². The quantitative estimate of drug-likeness (QED) is 0.559. The molecule has 0 fully saturated rings. The number of pyridine rings is 1. The summed E-state index contributed by atoms with van der Waals surface area (Å²) in [7, 11) is 0. The Hall–Kier alpha value is -3.53. The molecule has 2 heterocycles. The Balaban J connectivity index is 1.85. The summed E-state index contributed by atoms with van der Waals surface area (Å²) >= 11 is 0. The summed E-state index contributed by atoms with van der Waals surface area (Å²) in [5.41, 5.74) is 4.08. The first-order valence-electron chi connectivity index (χ1n) is 8.47. The minimum Gasteiger partial charge on any atom is -0.364 e. The van der Waals surface area contributed by atoms with Crippen molar-refractivity contribution in [1.82, 2.24) is 15.0 Å². The van der Waals surface area contributed by atoms with Crippen LogP contribution >= 0.6 is 0 Å². The molecule has 126 valence electrons. The van der Waals surface area contributed by atoms with Gasteiger partial charge in [0, 0.05) is 6.20 Å². The zero-order valence-corrected chi connectivity index (χ0v) is 14.3. The predicted octanol–water partition coefficient (Wildman–Crippen LogP) is 4.95. The molecule has 0 aliphatic heterocycles. The molecule has 2 aromatic heterocycles. The van der Waals surface area contributed by atoms with Gasteiger partial charge in [0.2, 0.25) is 0 Å². The van der Waals surface area contributed by atoms with Crippen molar-refractivity contribution in [2.75, 3.05) is 5.32 Å². The molecule has 1 N–H and O–H groups in total. The van der Waals surface area contributed by atoms with Crippen LogP contribution in [0, 0.1) is 0 Å². The largest absolute Gasteiger partial charge is 0.364 e. The van der Waals surface area contributed by atoms with E-state index in [9.17, 15) is 0 Å². The zero-order chi connectivity index (χ0) is 17.8. The summed E-state index contributed by atoms with van der Waals surface area (Å²) in [6, 6.07) is 22.3. The van der Waals surface area contributed by atoms with Crippen molar-refractivity contribution in [1.29, 1.82) is 0 Å². The third kappa shape index (κ3) is 3.17. The molecule has 0 atom stereocenters. The standard InChI is InChI=1S/C22H18N4/c1-2-20-25-19-13-8-12-18(16-9-4-3-5-10-16)21(19)22(26-20)24-15-17-11-6-7-14-23-17/h2-14H,1,15H2,(H,24,25,26). The van der Waals surface area contributed by atoms with Crippen LogP contribution in [0.4, 0.5) is 5.82 Å². The van der Waals surface area contributed by atoms with E-state index < -0.39 is 0 Å². The third-order valence-corrected chi connectivity index (χ3v) is 4.17. The van der Waals surface area contributed by atoms with E-state index in [1.807, 2.05) is 48.5 Å². The lowest BCUT2D eigenvalue weighted by atomic mass is 10.0. The summed E-state index contributed by atoms with van der Waals surface area (Å²) in [5.74, 6) is 1.39. The Morgan fingerprint density at radius 2 is 1.73 bits per heavy atom. The lowest BCUT2D eigenvalue weighted by Gasteiger charge is -2.13. The van der Waals surface area contributed by atoms with Crippen LogP contribution in [0.25, 0.3) is 28.1 Å². The number of nitrogens with zero attached hydrogens (tertiary/aromatic N) is 3. The molecule has 4 aromatic rings. The van der Waals surface area contributed by atoms with Crippen LogP contribution in [0.1, 0.15) is 11.5 Å². The highest BCUT2D eigenvalue weighted by Gasteiger charge is 2.12. The van der Waals surface area contributed by atoms with Crippen LogP contribution in [0.5, 0.6) is 0 Å². The van der Waals surface area contributed by atoms with Crippen LogP contribution in [-0.2, 0) is 6.54 Å². The first kappa shape index (κ1) is 16.0. The molecule has 0 unspecified atom stereocenters. The monoisotopic (exact) mass is 338 g/mol. The van der Waals surface area contributed by atoms with Crippen LogP contribution in [0.2, 0.25) is 0 Å². The van der Waals surface area contributed by atoms with Crippen molar-refractivity contribution in [2.45, 2.75) is 6.54 Å². The second-order valence-electron chi connectivity index (χ2n) is 5.87. The number of nitrogens with one attached hydrogen (secondary N) is 1. The van der Waals surface area contributed by atoms with E-state index in [0.29, 0.717) is 12.4 Å². The Morgan fingerprint density at radius 3 is 2.50 bits per heavy atom. The van der Waals surface area contributed by atoms with Gasteiger partial charge < -0.3 is 5.32 Å². The maximum atomic E-state index is 4.65. The van der Waals surface area contributed by atoms with Gasteiger partial charge in [0.15, 0.2) is 5.82 Å². The Kier molecular flexibility index (Phi) is 4.39. The molecule has 0 amide bonds. The highest BCUT2D eigenvalue weighted by Crippen LogP contribution is 2.32. The number of aromatic nitrogens is 3. The summed E-state index contributed by atoms with van der Waals surface area (Å²) in [4.78, 5) is 13.6. The molecule has 0 bridgehead atoms. The smallest absolute Gasteiger partial charge is 0.154 e. The molecule has 4 nitrogen and oxygen atoms in total. The summed E-state index contributed by atoms with van der Waals surface area (Å²) in [6.07, 6.45) is 3.46. The van der Waals surface area contributed by atoms with Gasteiger partial charge in [-0.25, -0.2) is 9.97 Å². The fraction of sp³-hybridized carbons (Fsp3) is 0.0455. The molecule has 0 spiro atoms. The van der Waals surface area contributed by atoms with Crippen molar-refractivity contribution in [3.8, 4) is 11.1 Å². The van der Waals surface area contributed by atoms with Gasteiger partial charge in [0.1, 0.15) is 5.82 Å². The maximum Gasteiger partial charge on any atom is 0.154 e. The van der Waals surface area contributed by atoms with Crippen molar-refractivity contribution >= 4 is 22.8 Å². The second-order valence-corrected chi connectivity index (χ2v) is 5.87. The normalized spacial score (nSPS) is 10.6. The highest BCUT2D eigenvalue weighted by molar-refractivity contribution is 6.02. The van der Waals surface area contributed by atoms with Gasteiger partial charge in [-0.15, -0.1) is 0 Å². The average molecular weight is 338 g/mol.